The number of ether oxygens (including phenoxy) is 1. The third-order valence-corrected chi connectivity index (χ3v) is 3.38. The lowest BCUT2D eigenvalue weighted by Crippen LogP contribution is -2.30. The van der Waals surface area contributed by atoms with E-state index >= 15 is 0 Å². The van der Waals surface area contributed by atoms with Crippen LogP contribution in [0, 0.1) is 0 Å². The third kappa shape index (κ3) is 5.30. The lowest BCUT2D eigenvalue weighted by Gasteiger charge is -2.21. The van der Waals surface area contributed by atoms with Crippen LogP contribution in [-0.4, -0.2) is 45.9 Å². The Kier molecular flexibility index (Phi) is 6.40. The largest absolute Gasteiger partial charge is 0.395 e. The van der Waals surface area contributed by atoms with Crippen molar-refractivity contribution in [3.05, 3.63) is 54.1 Å². The van der Waals surface area contributed by atoms with Gasteiger partial charge in [0.05, 0.1) is 31.8 Å². The van der Waals surface area contributed by atoms with Crippen LogP contribution in [0.15, 0.2) is 42.9 Å². The van der Waals surface area contributed by atoms with Crippen molar-refractivity contribution in [2.45, 2.75) is 13.2 Å². The van der Waals surface area contributed by atoms with Crippen LogP contribution in [0.5, 0.6) is 0 Å². The molecule has 0 spiro atoms. The molecule has 1 N–H and O–H groups in total. The molecule has 0 saturated heterocycles. The van der Waals surface area contributed by atoms with E-state index < -0.39 is 0 Å². The van der Waals surface area contributed by atoms with E-state index in [4.69, 9.17) is 9.84 Å². The van der Waals surface area contributed by atoms with Gasteiger partial charge in [0, 0.05) is 32.9 Å². The second kappa shape index (κ2) is 8.56. The maximum Gasteiger partial charge on any atom is 0.0945 e. The normalized spacial score (nSPS) is 11.2. The van der Waals surface area contributed by atoms with Crippen molar-refractivity contribution in [1.82, 2.24) is 14.5 Å². The van der Waals surface area contributed by atoms with Gasteiger partial charge in [-0.15, -0.1) is 0 Å². The molecule has 2 rings (SSSR count). The van der Waals surface area contributed by atoms with Crippen LogP contribution in [0.1, 0.15) is 11.3 Å². The fraction of sp³-hybridized carbons (Fsp3) is 0.438. The Balaban J connectivity index is 1.74. The lowest BCUT2D eigenvalue weighted by atomic mass is 10.2. The molecule has 1 heterocycles. The molecule has 0 fully saturated rings. The first-order valence-corrected chi connectivity index (χ1v) is 7.19. The molecule has 0 aliphatic carbocycles. The van der Waals surface area contributed by atoms with E-state index in [2.05, 4.69) is 22.0 Å². The summed E-state index contributed by atoms with van der Waals surface area (Å²) in [6.07, 6.45) is 3.65. The van der Waals surface area contributed by atoms with Gasteiger partial charge in [-0.25, -0.2) is 4.98 Å². The summed E-state index contributed by atoms with van der Waals surface area (Å²) >= 11 is 0. The van der Waals surface area contributed by atoms with Gasteiger partial charge in [0.2, 0.25) is 0 Å². The summed E-state index contributed by atoms with van der Waals surface area (Å²) in [4.78, 5) is 6.28. The molecule has 1 aromatic heterocycles. The summed E-state index contributed by atoms with van der Waals surface area (Å²) in [5, 5.41) is 9.16. The van der Waals surface area contributed by atoms with E-state index in [0.29, 0.717) is 19.8 Å². The smallest absolute Gasteiger partial charge is 0.0945 e. The first kappa shape index (κ1) is 15.7. The number of benzene rings is 1. The number of nitrogens with zero attached hydrogens (tertiary/aromatic N) is 3. The van der Waals surface area contributed by atoms with Gasteiger partial charge in [-0.05, 0) is 5.56 Å². The number of imidazole rings is 1. The molecular weight excluding hydrogens is 266 g/mol. The number of rotatable bonds is 9. The molecule has 0 aliphatic heterocycles. The number of aromatic nitrogens is 2. The predicted molar refractivity (Wildman–Crippen MR) is 81.7 cm³/mol. The van der Waals surface area contributed by atoms with Gasteiger partial charge in [0.1, 0.15) is 0 Å². The quantitative estimate of drug-likeness (QED) is 0.710. The Morgan fingerprint density at radius 2 is 2.05 bits per heavy atom. The fourth-order valence-corrected chi connectivity index (χ4v) is 2.14. The Hall–Kier alpha value is -1.69. The molecular formula is C16H23N3O2. The molecule has 21 heavy (non-hydrogen) atoms. The highest BCUT2D eigenvalue weighted by Crippen LogP contribution is 2.04. The number of hydrogen-bond donors (Lipinski definition) is 1. The third-order valence-electron chi connectivity index (χ3n) is 3.38. The lowest BCUT2D eigenvalue weighted by molar-refractivity contribution is 0.0825. The molecule has 0 amide bonds. The summed E-state index contributed by atoms with van der Waals surface area (Å²) in [5.41, 5.74) is 2.31. The van der Waals surface area contributed by atoms with Crippen molar-refractivity contribution in [2.24, 2.45) is 7.05 Å². The molecule has 1 aromatic carbocycles. The van der Waals surface area contributed by atoms with Gasteiger partial charge < -0.3 is 14.4 Å². The van der Waals surface area contributed by atoms with Crippen molar-refractivity contribution < 1.29 is 9.84 Å². The Morgan fingerprint density at radius 3 is 2.71 bits per heavy atom. The van der Waals surface area contributed by atoms with E-state index in [1.165, 1.54) is 5.56 Å². The number of aryl methyl sites for hydroxylation is 1. The van der Waals surface area contributed by atoms with Crippen LogP contribution in [0.3, 0.4) is 0 Å². The van der Waals surface area contributed by atoms with E-state index in [0.717, 1.165) is 18.8 Å². The maximum absolute atomic E-state index is 9.16. The van der Waals surface area contributed by atoms with Crippen LogP contribution in [0.4, 0.5) is 0 Å². The van der Waals surface area contributed by atoms with Crippen molar-refractivity contribution >= 4 is 0 Å². The molecule has 0 radical (unpaired) electrons. The van der Waals surface area contributed by atoms with Crippen molar-refractivity contribution in [3.8, 4) is 0 Å². The maximum atomic E-state index is 9.16. The SMILES string of the molecule is Cn1cncc1CN(CCO)CCOCc1ccccc1. The first-order chi connectivity index (χ1) is 10.3. The van der Waals surface area contributed by atoms with Crippen LogP contribution in [-0.2, 0) is 24.9 Å². The van der Waals surface area contributed by atoms with Gasteiger partial charge in [0.25, 0.3) is 0 Å². The van der Waals surface area contributed by atoms with E-state index in [1.807, 2.05) is 36.0 Å². The van der Waals surface area contributed by atoms with Crippen molar-refractivity contribution in [2.75, 3.05) is 26.3 Å². The number of hydrogen-bond acceptors (Lipinski definition) is 4. The first-order valence-electron chi connectivity index (χ1n) is 7.19. The molecule has 0 bridgehead atoms. The van der Waals surface area contributed by atoms with Gasteiger partial charge in [-0.3, -0.25) is 4.90 Å². The Bertz CT molecular complexity index is 513. The summed E-state index contributed by atoms with van der Waals surface area (Å²) in [7, 11) is 1.98. The Labute approximate surface area is 125 Å². The van der Waals surface area contributed by atoms with E-state index in [1.54, 1.807) is 6.33 Å². The Morgan fingerprint density at radius 1 is 1.24 bits per heavy atom. The van der Waals surface area contributed by atoms with Gasteiger partial charge in [-0.1, -0.05) is 30.3 Å². The van der Waals surface area contributed by atoms with Crippen LogP contribution in [0.2, 0.25) is 0 Å². The topological polar surface area (TPSA) is 50.5 Å². The minimum atomic E-state index is 0.149. The van der Waals surface area contributed by atoms with Gasteiger partial charge in [-0.2, -0.15) is 0 Å². The zero-order chi connectivity index (χ0) is 14.9. The van der Waals surface area contributed by atoms with Gasteiger partial charge in [0.15, 0.2) is 0 Å². The highest BCUT2D eigenvalue weighted by Gasteiger charge is 2.08. The van der Waals surface area contributed by atoms with E-state index in [9.17, 15) is 0 Å². The highest BCUT2D eigenvalue weighted by atomic mass is 16.5. The average molecular weight is 289 g/mol. The number of aliphatic hydroxyl groups excluding tert-OH is 1. The molecule has 5 heteroatoms. The minimum absolute atomic E-state index is 0.149. The summed E-state index contributed by atoms with van der Waals surface area (Å²) in [5.74, 6) is 0. The summed E-state index contributed by atoms with van der Waals surface area (Å²) in [6, 6.07) is 10.1. The van der Waals surface area contributed by atoms with E-state index in [-0.39, 0.29) is 6.61 Å². The fourth-order valence-electron chi connectivity index (χ4n) is 2.14. The standard InChI is InChI=1S/C16H23N3O2/c1-18-14-17-11-16(18)12-19(7-9-20)8-10-21-13-15-5-3-2-4-6-15/h2-6,11,14,20H,7-10,12-13H2,1H3. The minimum Gasteiger partial charge on any atom is -0.395 e. The zero-order valence-electron chi connectivity index (χ0n) is 12.5. The van der Waals surface area contributed by atoms with Crippen molar-refractivity contribution in [3.63, 3.8) is 0 Å². The zero-order valence-corrected chi connectivity index (χ0v) is 12.5. The van der Waals surface area contributed by atoms with Crippen LogP contribution < -0.4 is 0 Å². The molecule has 5 nitrogen and oxygen atoms in total. The second-order valence-corrected chi connectivity index (χ2v) is 5.03. The molecule has 114 valence electrons. The number of aliphatic hydroxyl groups is 1. The molecule has 2 aromatic rings. The predicted octanol–water partition coefficient (Wildman–Crippen LogP) is 1.43. The summed E-state index contributed by atoms with van der Waals surface area (Å²) in [6.45, 7) is 3.62. The molecule has 0 unspecified atom stereocenters. The molecule has 0 saturated carbocycles. The highest BCUT2D eigenvalue weighted by molar-refractivity contribution is 5.13. The average Bonchev–Trinajstić information content (AvgIpc) is 2.90. The van der Waals surface area contributed by atoms with Crippen LogP contribution >= 0.6 is 0 Å². The molecule has 0 atom stereocenters. The monoisotopic (exact) mass is 289 g/mol. The van der Waals surface area contributed by atoms with Crippen molar-refractivity contribution in [1.29, 1.82) is 0 Å². The molecule has 0 aliphatic rings. The summed E-state index contributed by atoms with van der Waals surface area (Å²) < 4.78 is 7.70. The van der Waals surface area contributed by atoms with Gasteiger partial charge >= 0.3 is 0 Å². The second-order valence-electron chi connectivity index (χ2n) is 5.03. The van der Waals surface area contributed by atoms with Crippen LogP contribution in [0.25, 0.3) is 0 Å².